The van der Waals surface area contributed by atoms with Crippen molar-refractivity contribution in [1.82, 2.24) is 10.2 Å². The number of nitrogens with one attached hydrogen (secondary N) is 2. The van der Waals surface area contributed by atoms with Crippen LogP contribution in [0.5, 0.6) is 5.75 Å². The fourth-order valence-corrected chi connectivity index (χ4v) is 5.95. The second kappa shape index (κ2) is 9.69. The van der Waals surface area contributed by atoms with Gasteiger partial charge in [-0.2, -0.15) is 0 Å². The van der Waals surface area contributed by atoms with Crippen LogP contribution in [0, 0.1) is 5.92 Å². The molecule has 2 heterocycles. The molecule has 2 N–H and O–H groups in total. The predicted molar refractivity (Wildman–Crippen MR) is 131 cm³/mol. The van der Waals surface area contributed by atoms with E-state index in [1.807, 2.05) is 0 Å². The van der Waals surface area contributed by atoms with E-state index in [2.05, 4.69) is 17.6 Å². The Hall–Kier alpha value is -3.40. The van der Waals surface area contributed by atoms with Crippen molar-refractivity contribution in [3.63, 3.8) is 0 Å². The van der Waals surface area contributed by atoms with Gasteiger partial charge in [0.15, 0.2) is 0 Å². The summed E-state index contributed by atoms with van der Waals surface area (Å²) < 4.78 is 10.5. The average Bonchev–Trinajstić information content (AvgIpc) is 3.28. The third-order valence-corrected chi connectivity index (χ3v) is 7.64. The molecule has 2 atom stereocenters. The van der Waals surface area contributed by atoms with E-state index in [-0.39, 0.29) is 6.61 Å². The van der Waals surface area contributed by atoms with E-state index < -0.39 is 35.9 Å². The first-order valence-corrected chi connectivity index (χ1v) is 12.4. The van der Waals surface area contributed by atoms with Gasteiger partial charge < -0.3 is 20.1 Å². The lowest BCUT2D eigenvalue weighted by Gasteiger charge is -2.22. The van der Waals surface area contributed by atoms with Crippen molar-refractivity contribution < 1.29 is 28.7 Å². The number of urea groups is 1. The van der Waals surface area contributed by atoms with E-state index in [0.717, 1.165) is 34.6 Å². The largest absolute Gasteiger partial charge is 0.497 e. The molecule has 1 aliphatic heterocycles. The lowest BCUT2D eigenvalue weighted by molar-refractivity contribution is -0.133. The summed E-state index contributed by atoms with van der Waals surface area (Å²) in [4.78, 5) is 53.5. The fraction of sp³-hybridized carbons (Fsp3) is 0.440. The number of imide groups is 1. The molecule has 9 nitrogen and oxygen atoms in total. The van der Waals surface area contributed by atoms with Crippen molar-refractivity contribution >= 4 is 40.2 Å². The van der Waals surface area contributed by atoms with Crippen molar-refractivity contribution in [2.24, 2.45) is 5.92 Å². The standard InChI is InChI=1S/C25H29N3O6S/c1-5-34-22(30)20-17-10-9-14(2)11-18(17)35-21(20)26-19(29)13-28-23(31)25(3,27-24(28)32)15-7-6-8-16(12-15)33-4/h6-8,12,14H,5,9-11,13H2,1-4H3,(H,26,29)(H,27,32). The second-order valence-electron chi connectivity index (χ2n) is 9.00. The third kappa shape index (κ3) is 4.62. The van der Waals surface area contributed by atoms with Crippen LogP contribution in [0.3, 0.4) is 0 Å². The zero-order chi connectivity index (χ0) is 25.3. The number of carbonyl (C=O) groups is 4. The Morgan fingerprint density at radius 2 is 2.09 bits per heavy atom. The number of esters is 1. The number of nitrogens with zero attached hydrogens (tertiary/aromatic N) is 1. The Kier molecular flexibility index (Phi) is 6.84. The summed E-state index contributed by atoms with van der Waals surface area (Å²) >= 11 is 1.36. The van der Waals surface area contributed by atoms with Crippen LogP contribution in [0.2, 0.25) is 0 Å². The Morgan fingerprint density at radius 1 is 1.31 bits per heavy atom. The molecule has 1 aromatic carbocycles. The summed E-state index contributed by atoms with van der Waals surface area (Å²) in [5.74, 6) is -0.559. The number of hydrogen-bond donors (Lipinski definition) is 2. The van der Waals surface area contributed by atoms with Gasteiger partial charge in [-0.15, -0.1) is 11.3 Å². The molecule has 0 spiro atoms. The van der Waals surface area contributed by atoms with Crippen LogP contribution in [0.4, 0.5) is 9.80 Å². The van der Waals surface area contributed by atoms with Gasteiger partial charge in [-0.1, -0.05) is 19.1 Å². The molecule has 2 unspecified atom stereocenters. The number of rotatable bonds is 7. The number of carbonyl (C=O) groups excluding carboxylic acids is 4. The molecule has 4 amide bonds. The average molecular weight is 500 g/mol. The topological polar surface area (TPSA) is 114 Å². The first kappa shape index (κ1) is 24.7. The van der Waals surface area contributed by atoms with Crippen LogP contribution >= 0.6 is 11.3 Å². The van der Waals surface area contributed by atoms with Crippen LogP contribution < -0.4 is 15.4 Å². The summed E-state index contributed by atoms with van der Waals surface area (Å²) in [7, 11) is 1.51. The normalized spacial score (nSPS) is 21.4. The number of thiophene rings is 1. The molecule has 1 saturated heterocycles. The zero-order valence-electron chi connectivity index (χ0n) is 20.2. The summed E-state index contributed by atoms with van der Waals surface area (Å²) in [6.07, 6.45) is 2.52. The third-order valence-electron chi connectivity index (χ3n) is 6.47. The highest BCUT2D eigenvalue weighted by atomic mass is 32.1. The lowest BCUT2D eigenvalue weighted by atomic mass is 9.88. The number of fused-ring (bicyclic) bond motifs is 1. The van der Waals surface area contributed by atoms with Crippen molar-refractivity contribution in [1.29, 1.82) is 0 Å². The van der Waals surface area contributed by atoms with Gasteiger partial charge in [0.25, 0.3) is 5.91 Å². The molecule has 2 aromatic rings. The molecular formula is C25H29N3O6S. The Labute approximate surface area is 207 Å². The summed E-state index contributed by atoms with van der Waals surface area (Å²) in [5, 5.41) is 5.85. The van der Waals surface area contributed by atoms with E-state index in [1.165, 1.54) is 18.4 Å². The maximum Gasteiger partial charge on any atom is 0.341 e. The molecule has 1 fully saturated rings. The predicted octanol–water partition coefficient (Wildman–Crippen LogP) is 3.46. The van der Waals surface area contributed by atoms with E-state index >= 15 is 0 Å². The molecule has 1 aromatic heterocycles. The lowest BCUT2D eigenvalue weighted by Crippen LogP contribution is -2.42. The van der Waals surface area contributed by atoms with Crippen molar-refractivity contribution in [3.05, 3.63) is 45.8 Å². The summed E-state index contributed by atoms with van der Waals surface area (Å²) in [5.41, 5.74) is 0.510. The van der Waals surface area contributed by atoms with E-state index in [1.54, 1.807) is 38.1 Å². The molecule has 10 heteroatoms. The molecule has 35 heavy (non-hydrogen) atoms. The maximum atomic E-state index is 13.2. The highest BCUT2D eigenvalue weighted by Crippen LogP contribution is 2.40. The smallest absolute Gasteiger partial charge is 0.341 e. The number of methoxy groups -OCH3 is 1. The number of benzene rings is 1. The number of hydrogen-bond acceptors (Lipinski definition) is 7. The molecule has 0 radical (unpaired) electrons. The Morgan fingerprint density at radius 3 is 2.80 bits per heavy atom. The number of anilines is 1. The molecule has 1 aliphatic carbocycles. The number of amides is 4. The van der Waals surface area contributed by atoms with Gasteiger partial charge in [0.2, 0.25) is 5.91 Å². The van der Waals surface area contributed by atoms with Gasteiger partial charge in [0.1, 0.15) is 22.8 Å². The van der Waals surface area contributed by atoms with E-state index in [9.17, 15) is 19.2 Å². The van der Waals surface area contributed by atoms with E-state index in [4.69, 9.17) is 9.47 Å². The Bertz CT molecular complexity index is 1190. The van der Waals surface area contributed by atoms with Gasteiger partial charge in [-0.3, -0.25) is 14.5 Å². The highest BCUT2D eigenvalue weighted by molar-refractivity contribution is 7.17. The summed E-state index contributed by atoms with van der Waals surface area (Å²) in [6, 6.07) is 6.18. The van der Waals surface area contributed by atoms with Gasteiger partial charge in [0.05, 0.1) is 19.3 Å². The monoisotopic (exact) mass is 499 g/mol. The molecule has 4 rings (SSSR count). The fourth-order valence-electron chi connectivity index (χ4n) is 4.54. The second-order valence-corrected chi connectivity index (χ2v) is 10.1. The van der Waals surface area contributed by atoms with Crippen LogP contribution in [0.25, 0.3) is 0 Å². The minimum atomic E-state index is -1.33. The SMILES string of the molecule is CCOC(=O)c1c(NC(=O)CN2C(=O)NC(C)(c3cccc(OC)c3)C2=O)sc2c1CCC(C)C2. The van der Waals surface area contributed by atoms with Crippen LogP contribution in [0.1, 0.15) is 53.6 Å². The zero-order valence-corrected chi connectivity index (χ0v) is 21.0. The minimum Gasteiger partial charge on any atom is -0.497 e. The van der Waals surface area contributed by atoms with Crippen molar-refractivity contribution in [2.75, 3.05) is 25.6 Å². The van der Waals surface area contributed by atoms with Crippen LogP contribution in [-0.4, -0.2) is 49.0 Å². The van der Waals surface area contributed by atoms with E-state index in [0.29, 0.717) is 27.8 Å². The molecule has 2 aliphatic rings. The first-order chi connectivity index (χ1) is 16.7. The molecule has 0 bridgehead atoms. The number of ether oxygens (including phenoxy) is 2. The van der Waals surface area contributed by atoms with Crippen molar-refractivity contribution in [2.45, 2.75) is 45.6 Å². The van der Waals surface area contributed by atoms with Crippen LogP contribution in [0.15, 0.2) is 24.3 Å². The Balaban J connectivity index is 1.54. The van der Waals surface area contributed by atoms with Gasteiger partial charge in [-0.25, -0.2) is 9.59 Å². The van der Waals surface area contributed by atoms with Gasteiger partial charge >= 0.3 is 12.0 Å². The summed E-state index contributed by atoms with van der Waals surface area (Å²) in [6.45, 7) is 5.22. The van der Waals surface area contributed by atoms with Gasteiger partial charge in [0, 0.05) is 4.88 Å². The quantitative estimate of drug-likeness (QED) is 0.446. The van der Waals surface area contributed by atoms with Gasteiger partial charge in [-0.05, 0) is 62.3 Å². The molecular weight excluding hydrogens is 470 g/mol. The molecule has 186 valence electrons. The van der Waals surface area contributed by atoms with Crippen LogP contribution in [-0.2, 0) is 32.7 Å². The highest BCUT2D eigenvalue weighted by Gasteiger charge is 2.49. The maximum absolute atomic E-state index is 13.2. The van der Waals surface area contributed by atoms with Crippen molar-refractivity contribution in [3.8, 4) is 5.75 Å². The minimum absolute atomic E-state index is 0.221. The first-order valence-electron chi connectivity index (χ1n) is 11.6. The molecule has 0 saturated carbocycles.